The second-order valence-corrected chi connectivity index (χ2v) is 4.90. The minimum atomic E-state index is -0.123. The number of rotatable bonds is 5. The average molecular weight is 251 g/mol. The molecule has 2 rings (SSSR count). The van der Waals surface area contributed by atoms with Gasteiger partial charge in [-0.15, -0.1) is 11.3 Å². The predicted molar refractivity (Wildman–Crippen MR) is 68.8 cm³/mol. The molecule has 0 aromatic carbocycles. The molecule has 0 radical (unpaired) electrons. The summed E-state index contributed by atoms with van der Waals surface area (Å²) >= 11 is 1.63. The lowest BCUT2D eigenvalue weighted by atomic mass is 10.2. The third-order valence-electron chi connectivity index (χ3n) is 2.69. The summed E-state index contributed by atoms with van der Waals surface area (Å²) in [6.07, 6.45) is 2.87. The fraction of sp³-hybridized carbons (Fsp3) is 0.500. The van der Waals surface area contributed by atoms with Crippen molar-refractivity contribution in [3.63, 3.8) is 0 Å². The zero-order valence-electron chi connectivity index (χ0n) is 10.1. The lowest BCUT2D eigenvalue weighted by Gasteiger charge is -2.02. The normalized spacial score (nSPS) is 12.9. The predicted octanol–water partition coefficient (Wildman–Crippen LogP) is 3.16. The van der Waals surface area contributed by atoms with E-state index in [4.69, 9.17) is 10.3 Å². The van der Waals surface area contributed by atoms with Gasteiger partial charge in [-0.05, 0) is 29.9 Å². The van der Waals surface area contributed by atoms with Gasteiger partial charge in [0.2, 0.25) is 0 Å². The molecular weight excluding hydrogens is 234 g/mol. The minimum Gasteiger partial charge on any atom is -0.333 e. The molecule has 0 amide bonds. The zero-order chi connectivity index (χ0) is 12.3. The molecule has 1 atom stereocenters. The molecule has 0 saturated carbocycles. The Bertz CT molecular complexity index is 478. The molecule has 17 heavy (non-hydrogen) atoms. The third-order valence-corrected chi connectivity index (χ3v) is 3.64. The van der Waals surface area contributed by atoms with E-state index < -0.39 is 0 Å². The quantitative estimate of drug-likeness (QED) is 0.886. The van der Waals surface area contributed by atoms with Crippen molar-refractivity contribution in [2.24, 2.45) is 5.73 Å². The number of hydrogen-bond donors (Lipinski definition) is 1. The number of hydrogen-bond acceptors (Lipinski definition) is 5. The molecule has 92 valence electrons. The molecule has 0 aliphatic carbocycles. The van der Waals surface area contributed by atoms with Gasteiger partial charge in [-0.2, -0.15) is 4.98 Å². The van der Waals surface area contributed by atoms with E-state index in [1.54, 1.807) is 11.3 Å². The summed E-state index contributed by atoms with van der Waals surface area (Å²) < 4.78 is 5.29. The Hall–Kier alpha value is -1.20. The summed E-state index contributed by atoms with van der Waals surface area (Å²) in [7, 11) is 0. The van der Waals surface area contributed by atoms with E-state index in [-0.39, 0.29) is 6.04 Å². The van der Waals surface area contributed by atoms with E-state index in [1.165, 1.54) is 5.56 Å². The fourth-order valence-electron chi connectivity index (χ4n) is 1.72. The van der Waals surface area contributed by atoms with Crippen LogP contribution in [0.3, 0.4) is 0 Å². The molecule has 2 aromatic heterocycles. The molecule has 0 aliphatic heterocycles. The average Bonchev–Trinajstić information content (AvgIpc) is 2.97. The smallest absolute Gasteiger partial charge is 0.268 e. The van der Waals surface area contributed by atoms with E-state index in [2.05, 4.69) is 30.1 Å². The monoisotopic (exact) mass is 251 g/mol. The lowest BCUT2D eigenvalue weighted by molar-refractivity contribution is 0.414. The van der Waals surface area contributed by atoms with E-state index in [0.29, 0.717) is 11.7 Å². The van der Waals surface area contributed by atoms with E-state index >= 15 is 0 Å². The van der Waals surface area contributed by atoms with Gasteiger partial charge in [0, 0.05) is 0 Å². The lowest BCUT2D eigenvalue weighted by Crippen LogP contribution is -2.11. The Labute approximate surface area is 105 Å². The Morgan fingerprint density at radius 2 is 2.29 bits per heavy atom. The van der Waals surface area contributed by atoms with Gasteiger partial charge < -0.3 is 10.3 Å². The maximum Gasteiger partial charge on any atom is 0.268 e. The topological polar surface area (TPSA) is 64.9 Å². The summed E-state index contributed by atoms with van der Waals surface area (Å²) in [5.74, 6) is 1.20. The van der Waals surface area contributed by atoms with Gasteiger partial charge in [-0.3, -0.25) is 0 Å². The van der Waals surface area contributed by atoms with Crippen molar-refractivity contribution in [1.29, 1.82) is 0 Å². The fourth-order valence-corrected chi connectivity index (χ4v) is 2.64. The van der Waals surface area contributed by atoms with Crippen molar-refractivity contribution >= 4 is 11.3 Å². The molecule has 0 spiro atoms. The van der Waals surface area contributed by atoms with Crippen LogP contribution in [-0.4, -0.2) is 10.1 Å². The summed E-state index contributed by atoms with van der Waals surface area (Å²) in [5, 5.41) is 6.01. The molecule has 0 aliphatic rings. The van der Waals surface area contributed by atoms with E-state index in [0.717, 1.165) is 24.1 Å². The van der Waals surface area contributed by atoms with Gasteiger partial charge in [-0.1, -0.05) is 25.4 Å². The number of aromatic nitrogens is 2. The highest BCUT2D eigenvalue weighted by atomic mass is 32.1. The highest BCUT2D eigenvalue weighted by Gasteiger charge is 2.17. The molecule has 0 saturated heterocycles. The van der Waals surface area contributed by atoms with Crippen molar-refractivity contribution in [2.75, 3.05) is 0 Å². The summed E-state index contributed by atoms with van der Waals surface area (Å²) in [6, 6.07) is 1.97. The number of aryl methyl sites for hydroxylation is 1. The first-order valence-electron chi connectivity index (χ1n) is 5.92. The van der Waals surface area contributed by atoms with Crippen LogP contribution in [0.2, 0.25) is 0 Å². The second kappa shape index (κ2) is 5.42. The molecule has 1 unspecified atom stereocenters. The van der Waals surface area contributed by atoms with Crippen LogP contribution in [0.1, 0.15) is 44.1 Å². The number of nitrogens with two attached hydrogens (primary N) is 1. The summed E-state index contributed by atoms with van der Waals surface area (Å²) in [5.41, 5.74) is 7.21. The van der Waals surface area contributed by atoms with Gasteiger partial charge >= 0.3 is 0 Å². The maximum atomic E-state index is 5.96. The summed E-state index contributed by atoms with van der Waals surface area (Å²) in [4.78, 5) is 5.45. The van der Waals surface area contributed by atoms with Crippen molar-refractivity contribution in [3.05, 3.63) is 22.8 Å². The molecule has 0 fully saturated rings. The van der Waals surface area contributed by atoms with E-state index in [9.17, 15) is 0 Å². The Morgan fingerprint density at radius 3 is 3.00 bits per heavy atom. The molecular formula is C12H17N3OS. The van der Waals surface area contributed by atoms with Crippen LogP contribution in [0.4, 0.5) is 0 Å². The Balaban J connectivity index is 2.23. The van der Waals surface area contributed by atoms with E-state index in [1.807, 2.05) is 5.38 Å². The molecule has 4 nitrogen and oxygen atoms in total. The Morgan fingerprint density at radius 1 is 1.47 bits per heavy atom. The third kappa shape index (κ3) is 2.56. The van der Waals surface area contributed by atoms with Crippen LogP contribution in [-0.2, 0) is 6.42 Å². The first kappa shape index (κ1) is 12.3. The minimum absolute atomic E-state index is 0.123. The first-order valence-corrected chi connectivity index (χ1v) is 6.80. The maximum absolute atomic E-state index is 5.96. The van der Waals surface area contributed by atoms with Gasteiger partial charge in [0.05, 0.1) is 10.9 Å². The molecule has 2 aromatic rings. The van der Waals surface area contributed by atoms with Gasteiger partial charge in [0.15, 0.2) is 5.82 Å². The van der Waals surface area contributed by atoms with Crippen LogP contribution in [0, 0.1) is 0 Å². The highest BCUT2D eigenvalue weighted by molar-refractivity contribution is 7.13. The number of nitrogens with zero attached hydrogens (tertiary/aromatic N) is 2. The van der Waals surface area contributed by atoms with Crippen LogP contribution in [0.15, 0.2) is 16.0 Å². The SMILES string of the molecule is CCCC(N)c1noc(-c2sccc2CC)n1. The van der Waals surface area contributed by atoms with Crippen LogP contribution < -0.4 is 5.73 Å². The van der Waals surface area contributed by atoms with Crippen LogP contribution in [0.5, 0.6) is 0 Å². The van der Waals surface area contributed by atoms with Crippen molar-refractivity contribution in [1.82, 2.24) is 10.1 Å². The first-order chi connectivity index (χ1) is 8.26. The molecule has 2 N–H and O–H groups in total. The Kier molecular flexibility index (Phi) is 3.91. The molecule has 2 heterocycles. The second-order valence-electron chi connectivity index (χ2n) is 3.98. The molecule has 0 bridgehead atoms. The van der Waals surface area contributed by atoms with Crippen molar-refractivity contribution in [3.8, 4) is 10.8 Å². The summed E-state index contributed by atoms with van der Waals surface area (Å²) in [6.45, 7) is 4.21. The van der Waals surface area contributed by atoms with Crippen molar-refractivity contribution < 1.29 is 4.52 Å². The standard InChI is InChI=1S/C12H17N3OS/c1-3-5-9(13)11-14-12(16-15-11)10-8(4-2)6-7-17-10/h6-7,9H,3-5,13H2,1-2H3. The largest absolute Gasteiger partial charge is 0.333 e. The zero-order valence-corrected chi connectivity index (χ0v) is 11.0. The van der Waals surface area contributed by atoms with Crippen molar-refractivity contribution in [2.45, 2.75) is 39.2 Å². The van der Waals surface area contributed by atoms with Gasteiger partial charge in [-0.25, -0.2) is 0 Å². The van der Waals surface area contributed by atoms with Gasteiger partial charge in [0.25, 0.3) is 5.89 Å². The molecule has 5 heteroatoms. The van der Waals surface area contributed by atoms with Gasteiger partial charge in [0.1, 0.15) is 0 Å². The number of thiophene rings is 1. The van der Waals surface area contributed by atoms with Crippen LogP contribution in [0.25, 0.3) is 10.8 Å². The highest BCUT2D eigenvalue weighted by Crippen LogP contribution is 2.29. The van der Waals surface area contributed by atoms with Crippen LogP contribution >= 0.6 is 11.3 Å².